The van der Waals surface area contributed by atoms with Gasteiger partial charge in [0.1, 0.15) is 0 Å². The van der Waals surface area contributed by atoms with Crippen LogP contribution >= 0.6 is 0 Å². The van der Waals surface area contributed by atoms with E-state index < -0.39 is 0 Å². The van der Waals surface area contributed by atoms with Gasteiger partial charge in [0.05, 0.1) is 13.7 Å². The van der Waals surface area contributed by atoms with Gasteiger partial charge in [0.2, 0.25) is 11.8 Å². The van der Waals surface area contributed by atoms with Crippen LogP contribution in [0, 0.1) is 5.41 Å². The Bertz CT molecular complexity index is 737. The van der Waals surface area contributed by atoms with Gasteiger partial charge in [0, 0.05) is 24.7 Å². The molecule has 2 aliphatic rings. The Morgan fingerprint density at radius 1 is 1.20 bits per heavy atom. The first kappa shape index (κ1) is 16.4. The van der Waals surface area contributed by atoms with E-state index in [2.05, 4.69) is 17.1 Å². The molecule has 1 saturated carbocycles. The standard InChI is InChI=1S/C19H24N2O4/c1-3-8-24-15-5-4-13(11-16(15)22-2)17-20-21-18(25-17)14-12-19(14)6-9-23-10-7-19/h4-5,11,14H,3,6-10,12H2,1-2H3/t14-/m0/s1. The van der Waals surface area contributed by atoms with Crippen LogP contribution in [0.2, 0.25) is 0 Å². The normalized spacial score (nSPS) is 21.3. The van der Waals surface area contributed by atoms with E-state index in [4.69, 9.17) is 18.6 Å². The van der Waals surface area contributed by atoms with E-state index in [1.165, 1.54) is 0 Å². The van der Waals surface area contributed by atoms with Crippen molar-refractivity contribution in [3.8, 4) is 23.0 Å². The van der Waals surface area contributed by atoms with Crippen LogP contribution in [0.4, 0.5) is 0 Å². The van der Waals surface area contributed by atoms with Gasteiger partial charge in [-0.1, -0.05) is 6.92 Å². The minimum Gasteiger partial charge on any atom is -0.493 e. The molecule has 4 rings (SSSR count). The van der Waals surface area contributed by atoms with E-state index >= 15 is 0 Å². The molecule has 1 aromatic carbocycles. The second kappa shape index (κ2) is 6.67. The largest absolute Gasteiger partial charge is 0.493 e. The van der Waals surface area contributed by atoms with Crippen LogP contribution in [-0.2, 0) is 4.74 Å². The zero-order chi connectivity index (χ0) is 17.3. The predicted molar refractivity (Wildman–Crippen MR) is 91.9 cm³/mol. The van der Waals surface area contributed by atoms with Gasteiger partial charge in [-0.2, -0.15) is 0 Å². The fraction of sp³-hybridized carbons (Fsp3) is 0.579. The van der Waals surface area contributed by atoms with Gasteiger partial charge in [0.25, 0.3) is 0 Å². The van der Waals surface area contributed by atoms with Gasteiger partial charge in [-0.3, -0.25) is 0 Å². The Morgan fingerprint density at radius 3 is 2.80 bits per heavy atom. The third kappa shape index (κ3) is 3.11. The summed E-state index contributed by atoms with van der Waals surface area (Å²) in [5, 5.41) is 8.55. The third-order valence-electron chi connectivity index (χ3n) is 5.29. The average molecular weight is 344 g/mol. The van der Waals surface area contributed by atoms with E-state index in [9.17, 15) is 0 Å². The molecule has 134 valence electrons. The maximum atomic E-state index is 5.98. The number of methoxy groups -OCH3 is 1. The molecule has 2 heterocycles. The summed E-state index contributed by atoms with van der Waals surface area (Å²) in [6.45, 7) is 4.42. The van der Waals surface area contributed by atoms with Gasteiger partial charge < -0.3 is 18.6 Å². The van der Waals surface area contributed by atoms with Crippen LogP contribution in [0.3, 0.4) is 0 Å². The van der Waals surface area contributed by atoms with Crippen molar-refractivity contribution < 1.29 is 18.6 Å². The Labute approximate surface area is 147 Å². The van der Waals surface area contributed by atoms with Crippen molar-refractivity contribution in [3.05, 3.63) is 24.1 Å². The van der Waals surface area contributed by atoms with Gasteiger partial charge in [0.15, 0.2) is 11.5 Å². The van der Waals surface area contributed by atoms with Crippen molar-refractivity contribution in [2.45, 2.75) is 38.5 Å². The first-order valence-electron chi connectivity index (χ1n) is 8.98. The lowest BCUT2D eigenvalue weighted by Gasteiger charge is -2.21. The highest BCUT2D eigenvalue weighted by atomic mass is 16.5. The second-order valence-corrected chi connectivity index (χ2v) is 6.89. The Balaban J connectivity index is 1.52. The van der Waals surface area contributed by atoms with Crippen LogP contribution < -0.4 is 9.47 Å². The average Bonchev–Trinajstić information content (AvgIpc) is 3.12. The molecule has 6 nitrogen and oxygen atoms in total. The highest BCUT2D eigenvalue weighted by Crippen LogP contribution is 2.64. The number of rotatable bonds is 6. The smallest absolute Gasteiger partial charge is 0.247 e. The maximum Gasteiger partial charge on any atom is 0.247 e. The van der Waals surface area contributed by atoms with Crippen LogP contribution in [0.25, 0.3) is 11.5 Å². The molecule has 25 heavy (non-hydrogen) atoms. The van der Waals surface area contributed by atoms with Crippen molar-refractivity contribution in [1.82, 2.24) is 10.2 Å². The molecule has 6 heteroatoms. The minimum absolute atomic E-state index is 0.331. The molecule has 0 bridgehead atoms. The van der Waals surface area contributed by atoms with Crippen LogP contribution in [0.5, 0.6) is 11.5 Å². The summed E-state index contributed by atoms with van der Waals surface area (Å²) in [5.41, 5.74) is 1.18. The molecule has 0 N–H and O–H groups in total. The van der Waals surface area contributed by atoms with E-state index in [1.54, 1.807) is 7.11 Å². The molecule has 2 fully saturated rings. The molecular formula is C19H24N2O4. The fourth-order valence-electron chi connectivity index (χ4n) is 3.65. The molecule has 0 unspecified atom stereocenters. The summed E-state index contributed by atoms with van der Waals surface area (Å²) in [4.78, 5) is 0. The zero-order valence-corrected chi connectivity index (χ0v) is 14.8. The number of hydrogen-bond acceptors (Lipinski definition) is 6. The Hall–Kier alpha value is -2.08. The van der Waals surface area contributed by atoms with E-state index in [0.29, 0.717) is 29.6 Å². The molecule has 0 amide bonds. The van der Waals surface area contributed by atoms with E-state index in [-0.39, 0.29) is 0 Å². The molecule has 1 spiro atoms. The molecule has 2 aromatic rings. The number of ether oxygens (including phenoxy) is 3. The first-order chi connectivity index (χ1) is 12.3. The van der Waals surface area contributed by atoms with E-state index in [1.807, 2.05) is 18.2 Å². The molecular weight excluding hydrogens is 320 g/mol. The van der Waals surface area contributed by atoms with Crippen molar-refractivity contribution in [2.75, 3.05) is 26.9 Å². The second-order valence-electron chi connectivity index (χ2n) is 6.89. The molecule has 1 aliphatic carbocycles. The van der Waals surface area contributed by atoms with Crippen molar-refractivity contribution in [1.29, 1.82) is 0 Å². The SMILES string of the molecule is CCCOc1ccc(-c2nnc([C@@H]3CC34CCOCC4)o2)cc1OC. The monoisotopic (exact) mass is 344 g/mol. The number of benzene rings is 1. The predicted octanol–water partition coefficient (Wildman–Crippen LogP) is 3.82. The lowest BCUT2D eigenvalue weighted by Crippen LogP contribution is -2.18. The van der Waals surface area contributed by atoms with Crippen molar-refractivity contribution in [2.24, 2.45) is 5.41 Å². The lowest BCUT2D eigenvalue weighted by molar-refractivity contribution is 0.0547. The minimum atomic E-state index is 0.331. The first-order valence-corrected chi connectivity index (χ1v) is 8.98. The summed E-state index contributed by atoms with van der Waals surface area (Å²) >= 11 is 0. The van der Waals surface area contributed by atoms with Gasteiger partial charge >= 0.3 is 0 Å². The summed E-state index contributed by atoms with van der Waals surface area (Å²) < 4.78 is 22.6. The summed E-state index contributed by atoms with van der Waals surface area (Å²) in [5.74, 6) is 3.08. The van der Waals surface area contributed by atoms with Gasteiger partial charge in [-0.15, -0.1) is 10.2 Å². The summed E-state index contributed by atoms with van der Waals surface area (Å²) in [6, 6.07) is 5.71. The van der Waals surface area contributed by atoms with Crippen molar-refractivity contribution in [3.63, 3.8) is 0 Å². The van der Waals surface area contributed by atoms with Gasteiger partial charge in [-0.25, -0.2) is 0 Å². The number of aromatic nitrogens is 2. The van der Waals surface area contributed by atoms with Crippen LogP contribution in [0.15, 0.2) is 22.6 Å². The summed E-state index contributed by atoms with van der Waals surface area (Å²) in [6.07, 6.45) is 4.26. The molecule has 0 radical (unpaired) electrons. The summed E-state index contributed by atoms with van der Waals surface area (Å²) in [7, 11) is 1.64. The molecule has 1 aromatic heterocycles. The van der Waals surface area contributed by atoms with Crippen LogP contribution in [0.1, 0.15) is 44.4 Å². The highest BCUT2D eigenvalue weighted by molar-refractivity contribution is 5.59. The Morgan fingerprint density at radius 2 is 2.04 bits per heavy atom. The zero-order valence-electron chi connectivity index (χ0n) is 14.8. The highest BCUT2D eigenvalue weighted by Gasteiger charge is 2.57. The lowest BCUT2D eigenvalue weighted by atomic mass is 9.94. The maximum absolute atomic E-state index is 5.98. The topological polar surface area (TPSA) is 66.6 Å². The molecule has 1 aliphatic heterocycles. The quantitative estimate of drug-likeness (QED) is 0.794. The van der Waals surface area contributed by atoms with Crippen molar-refractivity contribution >= 4 is 0 Å². The fourth-order valence-corrected chi connectivity index (χ4v) is 3.65. The third-order valence-corrected chi connectivity index (χ3v) is 5.29. The molecule has 1 atom stereocenters. The van der Waals surface area contributed by atoms with Gasteiger partial charge in [-0.05, 0) is 49.3 Å². The number of nitrogens with zero attached hydrogens (tertiary/aromatic N) is 2. The van der Waals surface area contributed by atoms with Crippen LogP contribution in [-0.4, -0.2) is 37.1 Å². The number of hydrogen-bond donors (Lipinski definition) is 0. The molecule has 1 saturated heterocycles. The van der Waals surface area contributed by atoms with E-state index in [0.717, 1.165) is 56.1 Å². The Kier molecular flexibility index (Phi) is 4.37.